The first-order chi connectivity index (χ1) is 32.6. The number of carbonyl (C=O) groups is 3. The van der Waals surface area contributed by atoms with Gasteiger partial charge in [-0.05, 0) is 64.2 Å². The van der Waals surface area contributed by atoms with Gasteiger partial charge in [-0.25, -0.2) is 0 Å². The van der Waals surface area contributed by atoms with Gasteiger partial charge in [0.05, 0.1) is 40.3 Å². The van der Waals surface area contributed by atoms with Gasteiger partial charge in [-0.1, -0.05) is 224 Å². The van der Waals surface area contributed by atoms with Gasteiger partial charge in [0, 0.05) is 19.3 Å². The van der Waals surface area contributed by atoms with Gasteiger partial charge in [-0.15, -0.1) is 0 Å². The number of nitrogens with zero attached hydrogens (tertiary/aromatic N) is 1. The molecule has 0 aromatic rings. The van der Waals surface area contributed by atoms with Crippen LogP contribution in [0, 0.1) is 0 Å². The molecular formula is C59H111NO7. The molecule has 0 aliphatic heterocycles. The lowest BCUT2D eigenvalue weighted by Gasteiger charge is -2.34. The molecule has 0 saturated heterocycles. The van der Waals surface area contributed by atoms with E-state index >= 15 is 0 Å². The highest BCUT2D eigenvalue weighted by Crippen LogP contribution is 2.16. The fourth-order valence-electron chi connectivity index (χ4n) is 8.83. The van der Waals surface area contributed by atoms with Crippen molar-refractivity contribution in [2.24, 2.45) is 0 Å². The van der Waals surface area contributed by atoms with E-state index < -0.39 is 18.1 Å². The molecule has 394 valence electrons. The third kappa shape index (κ3) is 48.6. The Morgan fingerprint density at radius 2 is 0.746 bits per heavy atom. The molecule has 0 spiro atoms. The minimum Gasteiger partial charge on any atom is -0.544 e. The molecule has 0 aromatic heterocycles. The maximum Gasteiger partial charge on any atom is 0.306 e. The van der Waals surface area contributed by atoms with Crippen LogP contribution in [0.5, 0.6) is 0 Å². The topological polar surface area (TPSA) is 102 Å². The molecule has 0 amide bonds. The number of carboxylic acids is 1. The van der Waals surface area contributed by atoms with Gasteiger partial charge in [0.1, 0.15) is 12.6 Å². The minimum absolute atomic E-state index is 0.0413. The number of quaternary nitrogens is 1. The highest BCUT2D eigenvalue weighted by molar-refractivity contribution is 5.70. The highest BCUT2D eigenvalue weighted by atomic mass is 16.6. The fourth-order valence-corrected chi connectivity index (χ4v) is 8.83. The van der Waals surface area contributed by atoms with Crippen LogP contribution >= 0.6 is 0 Å². The van der Waals surface area contributed by atoms with Crippen molar-refractivity contribution in [3.05, 3.63) is 24.3 Å². The minimum atomic E-state index is -1.12. The van der Waals surface area contributed by atoms with Crippen molar-refractivity contribution in [2.45, 2.75) is 296 Å². The summed E-state index contributed by atoms with van der Waals surface area (Å²) in [5.41, 5.74) is 0. The third-order valence-corrected chi connectivity index (χ3v) is 13.3. The molecular weight excluding hydrogens is 835 g/mol. The average molecular weight is 947 g/mol. The molecule has 2 unspecified atom stereocenters. The Hall–Kier alpha value is -2.19. The van der Waals surface area contributed by atoms with E-state index in [1.54, 1.807) is 0 Å². The number of likely N-dealkylation sites (N-methyl/N-ethyl adjacent to an activating group) is 1. The van der Waals surface area contributed by atoms with Crippen LogP contribution in [-0.2, 0) is 28.6 Å². The van der Waals surface area contributed by atoms with Gasteiger partial charge in [-0.2, -0.15) is 0 Å². The summed E-state index contributed by atoms with van der Waals surface area (Å²) in [5.74, 6) is -1.73. The molecule has 67 heavy (non-hydrogen) atoms. The second-order valence-electron chi connectivity index (χ2n) is 20.9. The first kappa shape index (κ1) is 64.8. The number of hydrogen-bond acceptors (Lipinski definition) is 7. The van der Waals surface area contributed by atoms with E-state index in [1.165, 1.54) is 212 Å². The molecule has 8 heteroatoms. The molecule has 0 fully saturated rings. The fraction of sp³-hybridized carbons (Fsp3) is 0.881. The summed E-state index contributed by atoms with van der Waals surface area (Å²) < 4.78 is 17.3. The first-order valence-corrected chi connectivity index (χ1v) is 28.9. The third-order valence-electron chi connectivity index (χ3n) is 13.3. The Morgan fingerprint density at radius 3 is 1.07 bits per heavy atom. The summed E-state index contributed by atoms with van der Waals surface area (Å²) in [4.78, 5) is 37.1. The van der Waals surface area contributed by atoms with Crippen molar-refractivity contribution in [1.29, 1.82) is 0 Å². The normalized spacial score (nSPS) is 12.9. The number of unbranched alkanes of at least 4 members (excludes halogenated alkanes) is 35. The van der Waals surface area contributed by atoms with Crippen LogP contribution < -0.4 is 5.11 Å². The number of hydrogen-bond donors (Lipinski definition) is 0. The van der Waals surface area contributed by atoms with Crippen molar-refractivity contribution >= 4 is 17.9 Å². The molecule has 0 saturated carbocycles. The lowest BCUT2D eigenvalue weighted by molar-refractivity contribution is -0.889. The van der Waals surface area contributed by atoms with E-state index in [0.717, 1.165) is 38.5 Å². The predicted octanol–water partition coefficient (Wildman–Crippen LogP) is 15.8. The largest absolute Gasteiger partial charge is 0.544 e. The first-order valence-electron chi connectivity index (χ1n) is 28.9. The Morgan fingerprint density at radius 1 is 0.433 bits per heavy atom. The van der Waals surface area contributed by atoms with Gasteiger partial charge >= 0.3 is 11.9 Å². The quantitative estimate of drug-likeness (QED) is 0.0259. The Bertz CT molecular complexity index is 1150. The standard InChI is InChI=1S/C59H111NO7/c1-6-8-10-12-14-16-18-20-22-24-26-28-29-30-32-33-35-37-39-41-43-45-47-49-57(61)66-54-55(53-65-52-51-56(59(63)64)60(3,4)5)67-58(62)50-48-46-44-42-40-38-36-34-31-27-25-23-21-19-17-15-13-11-9-7-2/h27,30-32,55-56H,6-26,28-29,33-54H2,1-5H3/b31-27+,32-30+. The monoisotopic (exact) mass is 946 g/mol. The molecule has 0 radical (unpaired) electrons. The second-order valence-corrected chi connectivity index (χ2v) is 20.9. The average Bonchev–Trinajstić information content (AvgIpc) is 3.29. The zero-order valence-corrected chi connectivity index (χ0v) is 45.1. The van der Waals surface area contributed by atoms with Gasteiger partial charge in [0.25, 0.3) is 0 Å². The van der Waals surface area contributed by atoms with Crippen LogP contribution in [0.2, 0.25) is 0 Å². The van der Waals surface area contributed by atoms with Crippen LogP contribution in [0.1, 0.15) is 284 Å². The molecule has 0 aliphatic rings. The summed E-state index contributed by atoms with van der Waals surface area (Å²) in [7, 11) is 5.43. The van der Waals surface area contributed by atoms with E-state index in [2.05, 4.69) is 38.2 Å². The summed E-state index contributed by atoms with van der Waals surface area (Å²) in [6.45, 7) is 4.71. The molecule has 0 aliphatic carbocycles. The van der Waals surface area contributed by atoms with Gasteiger partial charge in [0.15, 0.2) is 6.10 Å². The van der Waals surface area contributed by atoms with E-state index in [1.807, 2.05) is 21.1 Å². The van der Waals surface area contributed by atoms with E-state index in [-0.39, 0.29) is 42.7 Å². The zero-order valence-electron chi connectivity index (χ0n) is 45.1. The van der Waals surface area contributed by atoms with E-state index in [9.17, 15) is 19.5 Å². The molecule has 0 aromatic carbocycles. The number of allylic oxidation sites excluding steroid dienone is 4. The van der Waals surface area contributed by atoms with Crippen LogP contribution in [0.25, 0.3) is 0 Å². The molecule has 0 rings (SSSR count). The predicted molar refractivity (Wildman–Crippen MR) is 282 cm³/mol. The van der Waals surface area contributed by atoms with Gasteiger partial charge < -0.3 is 28.6 Å². The summed E-state index contributed by atoms with van der Waals surface area (Å²) >= 11 is 0. The lowest BCUT2D eigenvalue weighted by Crippen LogP contribution is -2.55. The Kier molecular flexibility index (Phi) is 48.6. The molecule has 0 N–H and O–H groups in total. The van der Waals surface area contributed by atoms with Crippen LogP contribution in [0.4, 0.5) is 0 Å². The molecule has 0 heterocycles. The summed E-state index contributed by atoms with van der Waals surface area (Å²) in [6, 6.07) is -0.726. The number of aliphatic carboxylic acids is 1. The molecule has 2 atom stereocenters. The van der Waals surface area contributed by atoms with E-state index in [4.69, 9.17) is 14.2 Å². The van der Waals surface area contributed by atoms with Crippen LogP contribution in [0.3, 0.4) is 0 Å². The Balaban J connectivity index is 4.16. The molecule has 8 nitrogen and oxygen atoms in total. The summed E-state index contributed by atoms with van der Waals surface area (Å²) in [5, 5.41) is 11.7. The van der Waals surface area contributed by atoms with E-state index in [0.29, 0.717) is 12.8 Å². The van der Waals surface area contributed by atoms with Crippen molar-refractivity contribution in [1.82, 2.24) is 0 Å². The lowest BCUT2D eigenvalue weighted by atomic mass is 10.0. The number of carbonyl (C=O) groups excluding carboxylic acids is 3. The van der Waals surface area contributed by atoms with Crippen molar-refractivity contribution in [3.63, 3.8) is 0 Å². The van der Waals surface area contributed by atoms with Crippen LogP contribution in [-0.4, -0.2) is 75.5 Å². The maximum absolute atomic E-state index is 12.8. The van der Waals surface area contributed by atoms with Crippen molar-refractivity contribution in [3.8, 4) is 0 Å². The number of rotatable bonds is 53. The number of esters is 2. The molecule has 0 bridgehead atoms. The van der Waals surface area contributed by atoms with Crippen LogP contribution in [0.15, 0.2) is 24.3 Å². The van der Waals surface area contributed by atoms with Crippen molar-refractivity contribution in [2.75, 3.05) is 41.0 Å². The SMILES string of the molecule is CCCCCCCCCCC/C=C/CCCCCCCCCC(=O)OC(COCCC(C(=O)[O-])[N+](C)(C)C)COC(=O)CCCCCCCCC/C=C/CCCCCCCCCCCCCC. The number of carboxylic acid groups (broad SMARTS) is 1. The smallest absolute Gasteiger partial charge is 0.306 e. The highest BCUT2D eigenvalue weighted by Gasteiger charge is 2.25. The van der Waals surface area contributed by atoms with Gasteiger partial charge in [0.2, 0.25) is 0 Å². The second kappa shape index (κ2) is 50.2. The van der Waals surface area contributed by atoms with Crippen molar-refractivity contribution < 1.29 is 38.2 Å². The Labute approximate surface area is 415 Å². The zero-order chi connectivity index (χ0) is 49.2. The number of ether oxygens (including phenoxy) is 3. The maximum atomic E-state index is 12.8. The van der Waals surface area contributed by atoms with Gasteiger partial charge in [-0.3, -0.25) is 9.59 Å². The summed E-state index contributed by atoms with van der Waals surface area (Å²) in [6.07, 6.45) is 59.4.